The predicted molar refractivity (Wildman–Crippen MR) is 82.5 cm³/mol. The minimum Gasteiger partial charge on any atom is -0.490 e. The fraction of sp³-hybridized carbons (Fsp3) is 0.0588. The van der Waals surface area contributed by atoms with Crippen molar-refractivity contribution in [3.05, 3.63) is 73.4 Å². The Labute approximate surface area is 123 Å². The van der Waals surface area contributed by atoms with Crippen LogP contribution >= 0.6 is 0 Å². The fourth-order valence-corrected chi connectivity index (χ4v) is 2.07. The molecule has 0 N–H and O–H groups in total. The lowest BCUT2D eigenvalue weighted by atomic mass is 10.1. The van der Waals surface area contributed by atoms with Crippen LogP contribution < -0.4 is 4.74 Å². The molecular formula is C17H15N3O. The molecule has 0 saturated heterocycles. The summed E-state index contributed by atoms with van der Waals surface area (Å²) in [7, 11) is 0. The summed E-state index contributed by atoms with van der Waals surface area (Å²) in [5, 5.41) is 8.18. The van der Waals surface area contributed by atoms with E-state index in [9.17, 15) is 0 Å². The van der Waals surface area contributed by atoms with Crippen LogP contribution in [0.1, 0.15) is 0 Å². The van der Waals surface area contributed by atoms with Crippen LogP contribution in [-0.2, 0) is 0 Å². The normalized spacial score (nSPS) is 10.3. The molecule has 0 saturated carbocycles. The number of hydrogen-bond donors (Lipinski definition) is 0. The standard InChI is InChI=1S/C17H15N3O/c1-2-12-21-16-10-8-15(9-11-16)20-17(13-18-19-20)14-6-4-3-5-7-14/h2-11,13H,1,12H2. The maximum Gasteiger partial charge on any atom is 0.119 e. The third kappa shape index (κ3) is 2.84. The van der Waals surface area contributed by atoms with Crippen molar-refractivity contribution in [2.24, 2.45) is 0 Å². The van der Waals surface area contributed by atoms with Gasteiger partial charge in [-0.25, -0.2) is 4.68 Å². The Balaban J connectivity index is 1.91. The van der Waals surface area contributed by atoms with Crippen LogP contribution in [0.15, 0.2) is 73.4 Å². The van der Waals surface area contributed by atoms with E-state index in [0.717, 1.165) is 22.7 Å². The maximum absolute atomic E-state index is 5.48. The molecule has 0 radical (unpaired) electrons. The largest absolute Gasteiger partial charge is 0.490 e. The molecule has 2 aromatic carbocycles. The van der Waals surface area contributed by atoms with Crippen molar-refractivity contribution in [1.29, 1.82) is 0 Å². The van der Waals surface area contributed by atoms with E-state index in [2.05, 4.69) is 16.9 Å². The lowest BCUT2D eigenvalue weighted by molar-refractivity contribution is 0.363. The summed E-state index contributed by atoms with van der Waals surface area (Å²) in [6.07, 6.45) is 3.48. The zero-order valence-electron chi connectivity index (χ0n) is 11.5. The highest BCUT2D eigenvalue weighted by Gasteiger charge is 2.08. The van der Waals surface area contributed by atoms with Gasteiger partial charge in [-0.2, -0.15) is 0 Å². The first-order valence-electron chi connectivity index (χ1n) is 6.69. The van der Waals surface area contributed by atoms with Crippen molar-refractivity contribution in [3.63, 3.8) is 0 Å². The molecule has 0 aliphatic rings. The molecule has 3 aromatic rings. The van der Waals surface area contributed by atoms with Gasteiger partial charge in [-0.05, 0) is 24.3 Å². The van der Waals surface area contributed by atoms with Crippen molar-refractivity contribution in [2.45, 2.75) is 0 Å². The number of ether oxygens (including phenoxy) is 1. The third-order valence-corrected chi connectivity index (χ3v) is 3.07. The molecule has 0 atom stereocenters. The molecule has 104 valence electrons. The van der Waals surface area contributed by atoms with E-state index in [1.165, 1.54) is 0 Å². The Hall–Kier alpha value is -2.88. The van der Waals surface area contributed by atoms with Gasteiger partial charge in [-0.3, -0.25) is 0 Å². The summed E-state index contributed by atoms with van der Waals surface area (Å²) in [4.78, 5) is 0. The number of hydrogen-bond acceptors (Lipinski definition) is 3. The van der Waals surface area contributed by atoms with Crippen LogP contribution in [0.4, 0.5) is 0 Å². The van der Waals surface area contributed by atoms with E-state index in [0.29, 0.717) is 6.61 Å². The van der Waals surface area contributed by atoms with Crippen molar-refractivity contribution in [3.8, 4) is 22.7 Å². The summed E-state index contributed by atoms with van der Waals surface area (Å²) in [5.41, 5.74) is 2.97. The summed E-state index contributed by atoms with van der Waals surface area (Å²) in [6.45, 7) is 4.13. The first-order valence-corrected chi connectivity index (χ1v) is 6.69. The predicted octanol–water partition coefficient (Wildman–Crippen LogP) is 3.50. The van der Waals surface area contributed by atoms with Crippen LogP contribution in [0.25, 0.3) is 16.9 Å². The van der Waals surface area contributed by atoms with Crippen molar-refractivity contribution < 1.29 is 4.74 Å². The molecule has 0 aliphatic heterocycles. The highest BCUT2D eigenvalue weighted by atomic mass is 16.5. The Morgan fingerprint density at radius 1 is 1.05 bits per heavy atom. The number of rotatable bonds is 5. The van der Waals surface area contributed by atoms with Gasteiger partial charge in [0.05, 0.1) is 17.6 Å². The van der Waals surface area contributed by atoms with Crippen LogP contribution in [0, 0.1) is 0 Å². The lowest BCUT2D eigenvalue weighted by Crippen LogP contribution is -1.99. The number of benzene rings is 2. The second kappa shape index (κ2) is 6.05. The molecule has 21 heavy (non-hydrogen) atoms. The van der Waals surface area contributed by atoms with Crippen molar-refractivity contribution in [2.75, 3.05) is 6.61 Å². The van der Waals surface area contributed by atoms with E-state index >= 15 is 0 Å². The zero-order chi connectivity index (χ0) is 14.5. The van der Waals surface area contributed by atoms with Gasteiger partial charge >= 0.3 is 0 Å². The Morgan fingerprint density at radius 2 is 1.81 bits per heavy atom. The minimum atomic E-state index is 0.498. The van der Waals surface area contributed by atoms with E-state index < -0.39 is 0 Å². The van der Waals surface area contributed by atoms with E-state index in [4.69, 9.17) is 4.74 Å². The molecular weight excluding hydrogens is 262 g/mol. The molecule has 1 heterocycles. The van der Waals surface area contributed by atoms with Crippen molar-refractivity contribution in [1.82, 2.24) is 15.0 Å². The molecule has 0 spiro atoms. The Morgan fingerprint density at radius 3 is 2.52 bits per heavy atom. The van der Waals surface area contributed by atoms with Gasteiger partial charge in [0.15, 0.2) is 0 Å². The Kier molecular flexibility index (Phi) is 3.78. The number of nitrogens with zero attached hydrogens (tertiary/aromatic N) is 3. The zero-order valence-corrected chi connectivity index (χ0v) is 11.5. The summed E-state index contributed by atoms with van der Waals surface area (Å²) in [6, 6.07) is 17.8. The van der Waals surface area contributed by atoms with Gasteiger partial charge in [-0.1, -0.05) is 48.2 Å². The van der Waals surface area contributed by atoms with E-state index in [-0.39, 0.29) is 0 Å². The summed E-state index contributed by atoms with van der Waals surface area (Å²) < 4.78 is 7.29. The molecule has 0 aliphatic carbocycles. The SMILES string of the molecule is C=CCOc1ccc(-n2nncc2-c2ccccc2)cc1. The Bertz CT molecular complexity index is 717. The van der Waals surface area contributed by atoms with Gasteiger partial charge < -0.3 is 4.74 Å². The average Bonchev–Trinajstić information content (AvgIpc) is 3.04. The van der Waals surface area contributed by atoms with Crippen LogP contribution in [0.3, 0.4) is 0 Å². The second-order valence-corrected chi connectivity index (χ2v) is 4.49. The van der Waals surface area contributed by atoms with Gasteiger partial charge in [0, 0.05) is 5.56 Å². The van der Waals surface area contributed by atoms with Crippen LogP contribution in [0.5, 0.6) is 5.75 Å². The van der Waals surface area contributed by atoms with Crippen LogP contribution in [0.2, 0.25) is 0 Å². The van der Waals surface area contributed by atoms with E-state index in [1.807, 2.05) is 59.3 Å². The summed E-state index contributed by atoms with van der Waals surface area (Å²) >= 11 is 0. The topological polar surface area (TPSA) is 39.9 Å². The molecule has 0 unspecified atom stereocenters. The highest BCUT2D eigenvalue weighted by molar-refractivity contribution is 5.60. The van der Waals surface area contributed by atoms with Gasteiger partial charge in [-0.15, -0.1) is 5.10 Å². The molecule has 4 heteroatoms. The smallest absolute Gasteiger partial charge is 0.119 e. The van der Waals surface area contributed by atoms with Gasteiger partial charge in [0.2, 0.25) is 0 Å². The molecule has 1 aromatic heterocycles. The monoisotopic (exact) mass is 277 g/mol. The maximum atomic E-state index is 5.48. The highest BCUT2D eigenvalue weighted by Crippen LogP contribution is 2.22. The minimum absolute atomic E-state index is 0.498. The molecule has 0 bridgehead atoms. The van der Waals surface area contributed by atoms with E-state index in [1.54, 1.807) is 12.3 Å². The second-order valence-electron chi connectivity index (χ2n) is 4.49. The molecule has 0 amide bonds. The van der Waals surface area contributed by atoms with Gasteiger partial charge in [0.25, 0.3) is 0 Å². The number of aromatic nitrogens is 3. The summed E-state index contributed by atoms with van der Waals surface area (Å²) in [5.74, 6) is 0.806. The fourth-order valence-electron chi connectivity index (χ4n) is 2.07. The van der Waals surface area contributed by atoms with Gasteiger partial charge in [0.1, 0.15) is 12.4 Å². The molecule has 3 rings (SSSR count). The first kappa shape index (κ1) is 13.1. The first-order chi connectivity index (χ1) is 10.4. The molecule has 4 nitrogen and oxygen atoms in total. The lowest BCUT2D eigenvalue weighted by Gasteiger charge is -2.08. The third-order valence-electron chi connectivity index (χ3n) is 3.07. The van der Waals surface area contributed by atoms with Crippen LogP contribution in [-0.4, -0.2) is 21.6 Å². The average molecular weight is 277 g/mol. The quantitative estimate of drug-likeness (QED) is 0.670. The molecule has 0 fully saturated rings. The van der Waals surface area contributed by atoms with Crippen molar-refractivity contribution >= 4 is 0 Å².